The van der Waals surface area contributed by atoms with Crippen LogP contribution in [0.25, 0.3) is 0 Å². The summed E-state index contributed by atoms with van der Waals surface area (Å²) in [6.45, 7) is 1.74. The zero-order valence-electron chi connectivity index (χ0n) is 10.1. The van der Waals surface area contributed by atoms with Gasteiger partial charge in [0, 0.05) is 30.2 Å². The minimum atomic E-state index is -0.582. The number of hydrogen-bond donors (Lipinski definition) is 0. The van der Waals surface area contributed by atoms with Crippen LogP contribution in [0, 0.1) is 0 Å². The molecule has 18 heavy (non-hydrogen) atoms. The Morgan fingerprint density at radius 3 is 2.83 bits per heavy atom. The van der Waals surface area contributed by atoms with Crippen LogP contribution < -0.4 is 0 Å². The van der Waals surface area contributed by atoms with Crippen molar-refractivity contribution in [3.8, 4) is 0 Å². The number of carbonyl (C=O) groups is 2. The Morgan fingerprint density at radius 1 is 1.44 bits per heavy atom. The maximum atomic E-state index is 11.2. The molecule has 0 aromatic carbocycles. The molecule has 0 N–H and O–H groups in total. The van der Waals surface area contributed by atoms with Gasteiger partial charge >= 0.3 is 11.9 Å². The molecule has 5 nitrogen and oxygen atoms in total. The summed E-state index contributed by atoms with van der Waals surface area (Å²) in [7, 11) is 1.24. The van der Waals surface area contributed by atoms with E-state index in [1.807, 2.05) is 16.7 Å². The van der Waals surface area contributed by atoms with Crippen molar-refractivity contribution in [2.45, 2.75) is 0 Å². The van der Waals surface area contributed by atoms with E-state index in [1.54, 1.807) is 0 Å². The predicted octanol–water partition coefficient (Wildman–Crippen LogP) is 0.635. The van der Waals surface area contributed by atoms with Crippen LogP contribution in [-0.2, 0) is 19.1 Å². The van der Waals surface area contributed by atoms with Crippen LogP contribution in [0.5, 0.6) is 0 Å². The van der Waals surface area contributed by atoms with Gasteiger partial charge in [-0.15, -0.1) is 0 Å². The van der Waals surface area contributed by atoms with Gasteiger partial charge in [0.2, 0.25) is 0 Å². The molecule has 1 fully saturated rings. The smallest absolute Gasteiger partial charge is 0.331 e. The molecule has 0 unspecified atom stereocenters. The van der Waals surface area contributed by atoms with E-state index in [0.29, 0.717) is 6.54 Å². The SMILES string of the molecule is COC(=O)C=CC(=O)OCCN1CCSCC1=S. The highest BCUT2D eigenvalue weighted by Crippen LogP contribution is 2.11. The second-order valence-electron chi connectivity index (χ2n) is 3.46. The topological polar surface area (TPSA) is 55.8 Å². The molecule has 0 aliphatic carbocycles. The van der Waals surface area contributed by atoms with Gasteiger partial charge in [-0.1, -0.05) is 12.2 Å². The van der Waals surface area contributed by atoms with E-state index < -0.39 is 11.9 Å². The lowest BCUT2D eigenvalue weighted by Gasteiger charge is -2.28. The van der Waals surface area contributed by atoms with E-state index in [0.717, 1.165) is 35.2 Å². The van der Waals surface area contributed by atoms with Crippen LogP contribution in [0.15, 0.2) is 12.2 Å². The number of hydrogen-bond acceptors (Lipinski definition) is 6. The van der Waals surface area contributed by atoms with Gasteiger partial charge in [0.25, 0.3) is 0 Å². The predicted molar refractivity (Wildman–Crippen MR) is 73.6 cm³/mol. The molecule has 0 radical (unpaired) electrons. The first-order chi connectivity index (χ1) is 8.63. The summed E-state index contributed by atoms with van der Waals surface area (Å²) in [5.41, 5.74) is 0. The van der Waals surface area contributed by atoms with Crippen molar-refractivity contribution in [1.29, 1.82) is 0 Å². The van der Waals surface area contributed by atoms with E-state index in [-0.39, 0.29) is 6.61 Å². The van der Waals surface area contributed by atoms with Gasteiger partial charge in [-0.25, -0.2) is 9.59 Å². The summed E-state index contributed by atoms with van der Waals surface area (Å²) >= 11 is 7.00. The van der Waals surface area contributed by atoms with E-state index in [2.05, 4.69) is 4.74 Å². The highest BCUT2D eigenvalue weighted by Gasteiger charge is 2.14. The third kappa shape index (κ3) is 5.50. The maximum absolute atomic E-state index is 11.2. The van der Waals surface area contributed by atoms with Gasteiger partial charge in [0.1, 0.15) is 6.61 Å². The molecule has 1 heterocycles. The molecule has 0 aromatic heterocycles. The fraction of sp³-hybridized carbons (Fsp3) is 0.545. The Bertz CT molecular complexity index is 357. The number of nitrogens with zero attached hydrogens (tertiary/aromatic N) is 1. The zero-order valence-corrected chi connectivity index (χ0v) is 11.7. The Kier molecular flexibility index (Phi) is 6.74. The average molecular weight is 289 g/mol. The molecule has 100 valence electrons. The van der Waals surface area contributed by atoms with E-state index in [4.69, 9.17) is 17.0 Å². The molecule has 0 saturated carbocycles. The molecular formula is C11H15NO4S2. The number of rotatable bonds is 5. The van der Waals surface area contributed by atoms with Crippen molar-refractivity contribution in [3.63, 3.8) is 0 Å². The number of ether oxygens (including phenoxy) is 2. The lowest BCUT2D eigenvalue weighted by molar-refractivity contribution is -0.139. The van der Waals surface area contributed by atoms with Crippen LogP contribution in [-0.4, -0.2) is 60.1 Å². The van der Waals surface area contributed by atoms with E-state index >= 15 is 0 Å². The lowest BCUT2D eigenvalue weighted by atomic mass is 10.4. The van der Waals surface area contributed by atoms with E-state index in [1.165, 1.54) is 7.11 Å². The van der Waals surface area contributed by atoms with Crippen molar-refractivity contribution in [1.82, 2.24) is 4.90 Å². The second-order valence-corrected chi connectivity index (χ2v) is 5.03. The molecule has 0 amide bonds. The maximum Gasteiger partial charge on any atom is 0.331 e. The third-order valence-corrected chi connectivity index (χ3v) is 3.78. The highest BCUT2D eigenvalue weighted by molar-refractivity contribution is 8.01. The second kappa shape index (κ2) is 8.10. The summed E-state index contributed by atoms with van der Waals surface area (Å²) in [5.74, 6) is 0.751. The Labute approximate surface area is 115 Å². The van der Waals surface area contributed by atoms with Crippen LogP contribution in [0.2, 0.25) is 0 Å². The first kappa shape index (κ1) is 15.0. The third-order valence-electron chi connectivity index (χ3n) is 2.25. The minimum absolute atomic E-state index is 0.259. The standard InChI is InChI=1S/C11H15NO4S2/c1-15-10(13)2-3-11(14)16-6-4-12-5-7-18-8-9(12)17/h2-3H,4-8H2,1H3. The van der Waals surface area contributed by atoms with Crippen LogP contribution in [0.3, 0.4) is 0 Å². The van der Waals surface area contributed by atoms with Crippen molar-refractivity contribution in [2.75, 3.05) is 38.3 Å². The van der Waals surface area contributed by atoms with Crippen LogP contribution >= 0.6 is 24.0 Å². The summed E-state index contributed by atoms with van der Waals surface area (Å²) in [4.78, 5) is 24.9. The van der Waals surface area contributed by atoms with Crippen LogP contribution in [0.4, 0.5) is 0 Å². The van der Waals surface area contributed by atoms with Gasteiger partial charge in [0.15, 0.2) is 0 Å². The van der Waals surface area contributed by atoms with Crippen molar-refractivity contribution >= 4 is 40.9 Å². The Morgan fingerprint density at radius 2 is 2.17 bits per heavy atom. The first-order valence-corrected chi connectivity index (χ1v) is 6.98. The summed E-state index contributed by atoms with van der Waals surface area (Å²) < 4.78 is 9.30. The monoisotopic (exact) mass is 289 g/mol. The lowest BCUT2D eigenvalue weighted by Crippen LogP contribution is -2.39. The Hall–Kier alpha value is -1.08. The normalized spacial score (nSPS) is 15.8. The minimum Gasteiger partial charge on any atom is -0.466 e. The number of esters is 2. The quantitative estimate of drug-likeness (QED) is 0.418. The largest absolute Gasteiger partial charge is 0.466 e. The fourth-order valence-corrected chi connectivity index (χ4v) is 2.58. The molecule has 0 bridgehead atoms. The summed E-state index contributed by atoms with van der Waals surface area (Å²) in [6, 6.07) is 0. The molecule has 1 aliphatic rings. The molecule has 7 heteroatoms. The molecule has 1 rings (SSSR count). The fourth-order valence-electron chi connectivity index (χ4n) is 1.30. The molecule has 0 spiro atoms. The summed E-state index contributed by atoms with van der Waals surface area (Å²) in [6.07, 6.45) is 2.08. The van der Waals surface area contributed by atoms with Crippen molar-refractivity contribution < 1.29 is 19.1 Å². The van der Waals surface area contributed by atoms with Crippen LogP contribution in [0.1, 0.15) is 0 Å². The average Bonchev–Trinajstić information content (AvgIpc) is 2.38. The van der Waals surface area contributed by atoms with Gasteiger partial charge < -0.3 is 14.4 Å². The molecule has 0 aromatic rings. The highest BCUT2D eigenvalue weighted by atomic mass is 32.2. The molecule has 0 atom stereocenters. The summed E-state index contributed by atoms with van der Waals surface area (Å²) in [5, 5.41) is 0. The van der Waals surface area contributed by atoms with Crippen molar-refractivity contribution in [2.24, 2.45) is 0 Å². The van der Waals surface area contributed by atoms with Crippen molar-refractivity contribution in [3.05, 3.63) is 12.2 Å². The van der Waals surface area contributed by atoms with E-state index in [9.17, 15) is 9.59 Å². The van der Waals surface area contributed by atoms with Gasteiger partial charge in [-0.05, 0) is 0 Å². The van der Waals surface area contributed by atoms with Gasteiger partial charge in [0.05, 0.1) is 18.6 Å². The number of carbonyl (C=O) groups excluding carboxylic acids is 2. The molecule has 1 saturated heterocycles. The molecular weight excluding hydrogens is 274 g/mol. The van der Waals surface area contributed by atoms with Gasteiger partial charge in [-0.3, -0.25) is 0 Å². The number of thioether (sulfide) groups is 1. The molecule has 1 aliphatic heterocycles. The zero-order chi connectivity index (χ0) is 13.4. The first-order valence-electron chi connectivity index (χ1n) is 5.42. The van der Waals surface area contributed by atoms with Gasteiger partial charge in [-0.2, -0.15) is 11.8 Å². The number of thiocarbonyl (C=S) groups is 1. The number of methoxy groups -OCH3 is 1. The Balaban J connectivity index is 2.20.